The summed E-state index contributed by atoms with van der Waals surface area (Å²) in [5, 5.41) is 0. The van der Waals surface area contributed by atoms with E-state index in [0.717, 1.165) is 12.8 Å². The Morgan fingerprint density at radius 2 is 1.38 bits per heavy atom. The van der Waals surface area contributed by atoms with Crippen LogP contribution in [-0.2, 0) is 16.5 Å². The Kier molecular flexibility index (Phi) is 8.62. The van der Waals surface area contributed by atoms with Crippen LogP contribution in [-0.4, -0.2) is 13.0 Å². The summed E-state index contributed by atoms with van der Waals surface area (Å²) in [7, 11) is -4.34. The normalized spacial score (nSPS) is 11.7. The molecule has 0 aliphatic rings. The first-order chi connectivity index (χ1) is 10.1. The Morgan fingerprint density at radius 3 is 1.95 bits per heavy atom. The summed E-state index contributed by atoms with van der Waals surface area (Å²) in [6.45, 7) is 2.22. The predicted molar refractivity (Wildman–Crippen MR) is 85.3 cm³/mol. The predicted octanol–water partition coefficient (Wildman–Crippen LogP) is 4.66. The SMILES string of the molecule is CCCCCCCCCCCc1ccccc1S(=O)(=O)[O-]. The van der Waals surface area contributed by atoms with Gasteiger partial charge in [-0.2, -0.15) is 0 Å². The maximum absolute atomic E-state index is 11.2. The molecule has 3 nitrogen and oxygen atoms in total. The van der Waals surface area contributed by atoms with E-state index in [1.54, 1.807) is 18.2 Å². The third kappa shape index (κ3) is 7.63. The zero-order chi connectivity index (χ0) is 15.6. The van der Waals surface area contributed by atoms with Gasteiger partial charge in [-0.1, -0.05) is 76.5 Å². The minimum absolute atomic E-state index is 0.0513. The molecule has 0 N–H and O–H groups in total. The second-order valence-corrected chi connectivity index (χ2v) is 6.99. The van der Waals surface area contributed by atoms with Crippen LogP contribution in [0.15, 0.2) is 29.2 Å². The van der Waals surface area contributed by atoms with Crippen LogP contribution in [0.5, 0.6) is 0 Å². The molecule has 0 bridgehead atoms. The molecule has 0 saturated heterocycles. The largest absolute Gasteiger partial charge is 0.744 e. The Bertz CT molecular complexity index is 495. The van der Waals surface area contributed by atoms with Crippen molar-refractivity contribution in [1.82, 2.24) is 0 Å². The summed E-state index contributed by atoms with van der Waals surface area (Å²) in [5.74, 6) is 0. The van der Waals surface area contributed by atoms with E-state index in [9.17, 15) is 13.0 Å². The molecule has 1 aromatic carbocycles. The minimum Gasteiger partial charge on any atom is -0.744 e. The van der Waals surface area contributed by atoms with Crippen LogP contribution in [0, 0.1) is 0 Å². The molecule has 120 valence electrons. The van der Waals surface area contributed by atoms with Crippen LogP contribution >= 0.6 is 0 Å². The van der Waals surface area contributed by atoms with Crippen LogP contribution in [0.4, 0.5) is 0 Å². The fourth-order valence-corrected chi connectivity index (χ4v) is 3.32. The molecular weight excluding hydrogens is 284 g/mol. The molecule has 1 rings (SSSR count). The molecule has 0 unspecified atom stereocenters. The Labute approximate surface area is 129 Å². The first-order valence-electron chi connectivity index (χ1n) is 8.09. The molecule has 0 aliphatic carbocycles. The van der Waals surface area contributed by atoms with Gasteiger partial charge in [0.1, 0.15) is 10.1 Å². The summed E-state index contributed by atoms with van der Waals surface area (Å²) in [5.41, 5.74) is 0.662. The Hall–Kier alpha value is -0.870. The van der Waals surface area contributed by atoms with Gasteiger partial charge in [-0.3, -0.25) is 0 Å². The highest BCUT2D eigenvalue weighted by atomic mass is 32.2. The van der Waals surface area contributed by atoms with Gasteiger partial charge in [0.25, 0.3) is 0 Å². The molecule has 0 spiro atoms. The zero-order valence-corrected chi connectivity index (χ0v) is 13.8. The monoisotopic (exact) mass is 311 g/mol. The summed E-state index contributed by atoms with van der Waals surface area (Å²) in [6, 6.07) is 6.54. The van der Waals surface area contributed by atoms with Crippen molar-refractivity contribution in [3.8, 4) is 0 Å². The van der Waals surface area contributed by atoms with Crippen molar-refractivity contribution in [3.05, 3.63) is 29.8 Å². The van der Waals surface area contributed by atoms with Crippen LogP contribution < -0.4 is 0 Å². The smallest absolute Gasteiger partial charge is 0.124 e. The number of unbranched alkanes of at least 4 members (excludes halogenated alkanes) is 8. The van der Waals surface area contributed by atoms with Gasteiger partial charge in [0, 0.05) is 0 Å². The summed E-state index contributed by atoms with van der Waals surface area (Å²) < 4.78 is 33.5. The molecular formula is C17H27O3S-. The topological polar surface area (TPSA) is 57.2 Å². The lowest BCUT2D eigenvalue weighted by molar-refractivity contribution is 0.461. The zero-order valence-electron chi connectivity index (χ0n) is 13.0. The lowest BCUT2D eigenvalue weighted by Gasteiger charge is -2.12. The second-order valence-electron chi connectivity index (χ2n) is 5.64. The van der Waals surface area contributed by atoms with E-state index >= 15 is 0 Å². The van der Waals surface area contributed by atoms with Gasteiger partial charge >= 0.3 is 0 Å². The van der Waals surface area contributed by atoms with Crippen molar-refractivity contribution in [3.63, 3.8) is 0 Å². The van der Waals surface area contributed by atoms with Crippen molar-refractivity contribution in [2.75, 3.05) is 0 Å². The lowest BCUT2D eigenvalue weighted by atomic mass is 10.0. The number of hydrogen-bond acceptors (Lipinski definition) is 3. The van der Waals surface area contributed by atoms with Crippen LogP contribution in [0.2, 0.25) is 0 Å². The number of hydrogen-bond donors (Lipinski definition) is 0. The van der Waals surface area contributed by atoms with Gasteiger partial charge < -0.3 is 4.55 Å². The van der Waals surface area contributed by atoms with Crippen LogP contribution in [0.3, 0.4) is 0 Å². The molecule has 1 aromatic rings. The molecule has 0 fully saturated rings. The van der Waals surface area contributed by atoms with Crippen molar-refractivity contribution >= 4 is 10.1 Å². The van der Waals surface area contributed by atoms with Crippen molar-refractivity contribution in [2.45, 2.75) is 76.0 Å². The van der Waals surface area contributed by atoms with Gasteiger partial charge in [-0.25, -0.2) is 8.42 Å². The van der Waals surface area contributed by atoms with E-state index in [2.05, 4.69) is 6.92 Å². The van der Waals surface area contributed by atoms with E-state index in [4.69, 9.17) is 0 Å². The fraction of sp³-hybridized carbons (Fsp3) is 0.647. The molecule has 0 heterocycles. The van der Waals surface area contributed by atoms with E-state index in [1.807, 2.05) is 0 Å². The average Bonchev–Trinajstić information content (AvgIpc) is 2.45. The van der Waals surface area contributed by atoms with E-state index in [1.165, 1.54) is 51.0 Å². The third-order valence-electron chi connectivity index (χ3n) is 3.79. The van der Waals surface area contributed by atoms with E-state index in [-0.39, 0.29) is 4.90 Å². The quantitative estimate of drug-likeness (QED) is 0.441. The number of aryl methyl sites for hydroxylation is 1. The third-order valence-corrected chi connectivity index (χ3v) is 4.73. The molecule has 0 aromatic heterocycles. The molecule has 0 aliphatic heterocycles. The highest BCUT2D eigenvalue weighted by molar-refractivity contribution is 7.85. The molecule has 0 radical (unpaired) electrons. The molecule has 4 heteroatoms. The molecule has 0 saturated carbocycles. The van der Waals surface area contributed by atoms with Gasteiger partial charge in [0.15, 0.2) is 0 Å². The highest BCUT2D eigenvalue weighted by Crippen LogP contribution is 2.18. The first-order valence-corrected chi connectivity index (χ1v) is 9.50. The summed E-state index contributed by atoms with van der Waals surface area (Å²) in [4.78, 5) is -0.0513. The van der Waals surface area contributed by atoms with Crippen LogP contribution in [0.25, 0.3) is 0 Å². The van der Waals surface area contributed by atoms with Gasteiger partial charge in [-0.15, -0.1) is 0 Å². The lowest BCUT2D eigenvalue weighted by Crippen LogP contribution is -2.03. The average molecular weight is 311 g/mol. The van der Waals surface area contributed by atoms with Gasteiger partial charge in [-0.05, 0) is 24.5 Å². The Morgan fingerprint density at radius 1 is 0.857 bits per heavy atom. The van der Waals surface area contributed by atoms with Crippen molar-refractivity contribution in [2.24, 2.45) is 0 Å². The second kappa shape index (κ2) is 9.96. The van der Waals surface area contributed by atoms with Gasteiger partial charge in [0.05, 0.1) is 4.90 Å². The molecule has 0 amide bonds. The highest BCUT2D eigenvalue weighted by Gasteiger charge is 2.07. The Balaban J connectivity index is 2.22. The molecule has 21 heavy (non-hydrogen) atoms. The standard InChI is InChI=1S/C17H28O3S/c1-2-3-4-5-6-7-8-9-10-13-16-14-11-12-15-17(16)21(18,19)20/h11-12,14-15H,2-10,13H2,1H3,(H,18,19,20)/p-1. The summed E-state index contributed by atoms with van der Waals surface area (Å²) in [6.07, 6.45) is 11.7. The first kappa shape index (κ1) is 18.2. The molecule has 0 atom stereocenters. The minimum atomic E-state index is -4.34. The number of rotatable bonds is 11. The maximum Gasteiger partial charge on any atom is 0.124 e. The van der Waals surface area contributed by atoms with Crippen LogP contribution in [0.1, 0.15) is 70.3 Å². The fourth-order valence-electron chi connectivity index (χ4n) is 2.58. The maximum atomic E-state index is 11.2. The van der Waals surface area contributed by atoms with E-state index < -0.39 is 10.1 Å². The van der Waals surface area contributed by atoms with Gasteiger partial charge in [0.2, 0.25) is 0 Å². The van der Waals surface area contributed by atoms with Crippen molar-refractivity contribution in [1.29, 1.82) is 0 Å². The number of benzene rings is 1. The summed E-state index contributed by atoms with van der Waals surface area (Å²) >= 11 is 0. The van der Waals surface area contributed by atoms with E-state index in [0.29, 0.717) is 12.0 Å². The van der Waals surface area contributed by atoms with Crippen molar-refractivity contribution < 1.29 is 13.0 Å².